The highest BCUT2D eigenvalue weighted by Gasteiger charge is 2.33. The molecule has 1 unspecified atom stereocenters. The Balaban J connectivity index is 1.87. The van der Waals surface area contributed by atoms with Gasteiger partial charge in [0.05, 0.1) is 29.5 Å². The first-order valence-corrected chi connectivity index (χ1v) is 7.28. The van der Waals surface area contributed by atoms with E-state index < -0.39 is 0 Å². The first-order chi connectivity index (χ1) is 9.84. The van der Waals surface area contributed by atoms with Crippen LogP contribution in [-0.2, 0) is 0 Å². The van der Waals surface area contributed by atoms with Crippen LogP contribution in [0.25, 0.3) is 5.57 Å². The SMILES string of the molecule is O=C1NC2C=CC=CC=C2c2c1cnn2C1CCCC1. The van der Waals surface area contributed by atoms with Crippen molar-refractivity contribution in [3.63, 3.8) is 0 Å². The van der Waals surface area contributed by atoms with Crippen molar-refractivity contribution in [1.82, 2.24) is 15.1 Å². The summed E-state index contributed by atoms with van der Waals surface area (Å²) in [5, 5.41) is 7.55. The second-order valence-corrected chi connectivity index (χ2v) is 5.63. The molecule has 1 saturated carbocycles. The van der Waals surface area contributed by atoms with Crippen LogP contribution < -0.4 is 5.32 Å². The molecule has 1 aliphatic heterocycles. The molecule has 4 nitrogen and oxygen atoms in total. The van der Waals surface area contributed by atoms with Gasteiger partial charge in [0, 0.05) is 5.57 Å². The largest absolute Gasteiger partial charge is 0.342 e. The van der Waals surface area contributed by atoms with Gasteiger partial charge in [-0.1, -0.05) is 43.2 Å². The molecule has 0 aromatic carbocycles. The number of rotatable bonds is 1. The van der Waals surface area contributed by atoms with E-state index in [-0.39, 0.29) is 11.9 Å². The van der Waals surface area contributed by atoms with Crippen LogP contribution >= 0.6 is 0 Å². The van der Waals surface area contributed by atoms with E-state index in [1.807, 2.05) is 24.3 Å². The Labute approximate surface area is 117 Å². The Morgan fingerprint density at radius 1 is 1.20 bits per heavy atom. The lowest BCUT2D eigenvalue weighted by Gasteiger charge is -2.26. The highest BCUT2D eigenvalue weighted by Crippen LogP contribution is 2.36. The minimum absolute atomic E-state index is 0.0158. The van der Waals surface area contributed by atoms with Gasteiger partial charge in [-0.2, -0.15) is 5.10 Å². The zero-order chi connectivity index (χ0) is 13.5. The van der Waals surface area contributed by atoms with Crippen molar-refractivity contribution in [2.45, 2.75) is 37.8 Å². The van der Waals surface area contributed by atoms with Crippen LogP contribution in [0.1, 0.15) is 47.8 Å². The molecule has 1 aromatic rings. The van der Waals surface area contributed by atoms with Crippen LogP contribution in [0, 0.1) is 0 Å². The topological polar surface area (TPSA) is 46.9 Å². The third kappa shape index (κ3) is 1.68. The molecule has 1 fully saturated rings. The Hall–Kier alpha value is -2.10. The number of allylic oxidation sites excluding steroid dienone is 4. The van der Waals surface area contributed by atoms with Gasteiger partial charge in [0.25, 0.3) is 5.91 Å². The standard InChI is InChI=1S/C16H17N3O/c20-16-13-10-17-19(11-6-4-5-7-11)15(13)12-8-2-1-3-9-14(12)18-16/h1-3,8-11,14H,4-7H2,(H,18,20). The number of carbonyl (C=O) groups is 1. The van der Waals surface area contributed by atoms with Gasteiger partial charge < -0.3 is 5.32 Å². The van der Waals surface area contributed by atoms with Crippen molar-refractivity contribution in [1.29, 1.82) is 0 Å². The van der Waals surface area contributed by atoms with Crippen LogP contribution in [0.2, 0.25) is 0 Å². The summed E-state index contributed by atoms with van der Waals surface area (Å²) < 4.78 is 2.09. The second-order valence-electron chi connectivity index (χ2n) is 5.63. The summed E-state index contributed by atoms with van der Waals surface area (Å²) in [5.41, 5.74) is 2.87. The molecule has 0 saturated heterocycles. The van der Waals surface area contributed by atoms with Crippen LogP contribution in [0.3, 0.4) is 0 Å². The molecule has 102 valence electrons. The van der Waals surface area contributed by atoms with Crippen LogP contribution in [0.15, 0.2) is 36.6 Å². The molecular weight excluding hydrogens is 250 g/mol. The molecule has 1 amide bonds. The smallest absolute Gasteiger partial charge is 0.255 e. The molecule has 0 spiro atoms. The Morgan fingerprint density at radius 2 is 2.05 bits per heavy atom. The van der Waals surface area contributed by atoms with Crippen molar-refractivity contribution in [2.75, 3.05) is 0 Å². The number of nitrogens with one attached hydrogen (secondary N) is 1. The molecule has 1 aromatic heterocycles. The summed E-state index contributed by atoms with van der Waals surface area (Å²) in [6, 6.07) is 0.407. The van der Waals surface area contributed by atoms with E-state index in [1.54, 1.807) is 6.20 Å². The van der Waals surface area contributed by atoms with Gasteiger partial charge in [-0.15, -0.1) is 0 Å². The monoisotopic (exact) mass is 267 g/mol. The third-order valence-electron chi connectivity index (χ3n) is 4.41. The highest BCUT2D eigenvalue weighted by molar-refractivity contribution is 6.03. The summed E-state index contributed by atoms with van der Waals surface area (Å²) >= 11 is 0. The predicted molar refractivity (Wildman–Crippen MR) is 77.2 cm³/mol. The molecule has 0 radical (unpaired) electrons. The quantitative estimate of drug-likeness (QED) is 0.850. The van der Waals surface area contributed by atoms with E-state index in [2.05, 4.69) is 21.2 Å². The van der Waals surface area contributed by atoms with Crippen molar-refractivity contribution >= 4 is 11.5 Å². The molecule has 1 N–H and O–H groups in total. The van der Waals surface area contributed by atoms with E-state index in [0.29, 0.717) is 11.6 Å². The van der Waals surface area contributed by atoms with Crippen molar-refractivity contribution < 1.29 is 4.79 Å². The fourth-order valence-electron chi connectivity index (χ4n) is 3.42. The summed E-state index contributed by atoms with van der Waals surface area (Å²) in [5.74, 6) is -0.0158. The fourth-order valence-corrected chi connectivity index (χ4v) is 3.42. The van der Waals surface area contributed by atoms with Crippen LogP contribution in [0.4, 0.5) is 0 Å². The molecule has 20 heavy (non-hydrogen) atoms. The van der Waals surface area contributed by atoms with Gasteiger partial charge in [-0.3, -0.25) is 9.48 Å². The van der Waals surface area contributed by atoms with Gasteiger partial charge in [0.15, 0.2) is 0 Å². The van der Waals surface area contributed by atoms with Crippen LogP contribution in [-0.4, -0.2) is 21.7 Å². The molecule has 4 rings (SSSR count). The molecule has 2 aliphatic carbocycles. The molecule has 2 heterocycles. The Kier molecular flexibility index (Phi) is 2.62. The molecule has 1 atom stereocenters. The lowest BCUT2D eigenvalue weighted by atomic mass is 9.95. The molecule has 3 aliphatic rings. The second kappa shape index (κ2) is 4.47. The molecule has 4 heteroatoms. The number of amides is 1. The highest BCUT2D eigenvalue weighted by atomic mass is 16.1. The fraction of sp³-hybridized carbons (Fsp3) is 0.375. The first kappa shape index (κ1) is 11.7. The van der Waals surface area contributed by atoms with Gasteiger partial charge in [-0.25, -0.2) is 0 Å². The average Bonchev–Trinajstić information content (AvgIpc) is 3.05. The number of nitrogens with zero attached hydrogens (tertiary/aromatic N) is 2. The number of fused-ring (bicyclic) bond motifs is 3. The summed E-state index contributed by atoms with van der Waals surface area (Å²) in [4.78, 5) is 12.2. The van der Waals surface area contributed by atoms with Gasteiger partial charge in [0.1, 0.15) is 0 Å². The number of hydrogen-bond acceptors (Lipinski definition) is 2. The van der Waals surface area contributed by atoms with E-state index in [4.69, 9.17) is 0 Å². The molecule has 0 bridgehead atoms. The third-order valence-corrected chi connectivity index (χ3v) is 4.41. The predicted octanol–water partition coefficient (Wildman–Crippen LogP) is 2.62. The summed E-state index contributed by atoms with van der Waals surface area (Å²) in [7, 11) is 0. The van der Waals surface area contributed by atoms with Gasteiger partial charge in [-0.05, 0) is 12.8 Å². The first-order valence-electron chi connectivity index (χ1n) is 7.28. The lowest BCUT2D eigenvalue weighted by molar-refractivity contribution is 0.0946. The van der Waals surface area contributed by atoms with Crippen LogP contribution in [0.5, 0.6) is 0 Å². The number of aromatic nitrogens is 2. The van der Waals surface area contributed by atoms with Crippen molar-refractivity contribution in [3.8, 4) is 0 Å². The Bertz CT molecular complexity index is 645. The van der Waals surface area contributed by atoms with E-state index in [9.17, 15) is 4.79 Å². The summed E-state index contributed by atoms with van der Waals surface area (Å²) in [6.45, 7) is 0. The zero-order valence-corrected chi connectivity index (χ0v) is 11.2. The van der Waals surface area contributed by atoms with E-state index in [1.165, 1.54) is 25.7 Å². The van der Waals surface area contributed by atoms with Gasteiger partial charge in [0.2, 0.25) is 0 Å². The maximum atomic E-state index is 12.2. The normalized spacial score (nSPS) is 24.9. The van der Waals surface area contributed by atoms with Crippen molar-refractivity contribution in [3.05, 3.63) is 47.8 Å². The van der Waals surface area contributed by atoms with E-state index in [0.717, 1.165) is 11.3 Å². The zero-order valence-electron chi connectivity index (χ0n) is 11.2. The van der Waals surface area contributed by atoms with E-state index >= 15 is 0 Å². The minimum atomic E-state index is -0.0400. The number of carbonyl (C=O) groups excluding carboxylic acids is 1. The van der Waals surface area contributed by atoms with Gasteiger partial charge >= 0.3 is 0 Å². The average molecular weight is 267 g/mol. The Morgan fingerprint density at radius 3 is 2.90 bits per heavy atom. The maximum absolute atomic E-state index is 12.2. The number of hydrogen-bond donors (Lipinski definition) is 1. The summed E-state index contributed by atoms with van der Waals surface area (Å²) in [6.07, 6.45) is 16.7. The van der Waals surface area contributed by atoms with Crippen molar-refractivity contribution in [2.24, 2.45) is 0 Å². The minimum Gasteiger partial charge on any atom is -0.342 e. The maximum Gasteiger partial charge on any atom is 0.255 e. The molecular formula is C16H17N3O. The lowest BCUT2D eigenvalue weighted by Crippen LogP contribution is -2.39.